The van der Waals surface area contributed by atoms with Crippen LogP contribution in [0.15, 0.2) is 48.5 Å². The van der Waals surface area contributed by atoms with E-state index in [0.717, 1.165) is 30.0 Å². The number of amides is 1. The van der Waals surface area contributed by atoms with Gasteiger partial charge in [-0.25, -0.2) is 8.78 Å². The van der Waals surface area contributed by atoms with Crippen molar-refractivity contribution >= 4 is 23.2 Å². The van der Waals surface area contributed by atoms with E-state index < -0.39 is 58.9 Å². The zero-order valence-electron chi connectivity index (χ0n) is 18.8. The molecule has 1 aliphatic rings. The maximum absolute atomic E-state index is 14.8. The van der Waals surface area contributed by atoms with Gasteiger partial charge in [-0.2, -0.15) is 13.2 Å². The van der Waals surface area contributed by atoms with E-state index >= 15 is 0 Å². The molecule has 1 amide bonds. The second-order valence-electron chi connectivity index (χ2n) is 8.44. The Balaban J connectivity index is 1.82. The first-order valence-electron chi connectivity index (χ1n) is 10.6. The summed E-state index contributed by atoms with van der Waals surface area (Å²) in [5, 5.41) is 20.6. The van der Waals surface area contributed by atoms with Crippen LogP contribution in [-0.4, -0.2) is 36.0 Å². The van der Waals surface area contributed by atoms with Gasteiger partial charge in [0, 0.05) is 18.0 Å². The van der Waals surface area contributed by atoms with Gasteiger partial charge in [-0.15, -0.1) is 0 Å². The average molecular weight is 528 g/mol. The smallest absolute Gasteiger partial charge is 0.422 e. The van der Waals surface area contributed by atoms with Gasteiger partial charge < -0.3 is 19.8 Å². The molecule has 1 heterocycles. The highest BCUT2D eigenvalue weighted by molar-refractivity contribution is 6.31. The first-order valence-corrected chi connectivity index (χ1v) is 10.9. The Morgan fingerprint density at radius 1 is 1.03 bits per heavy atom. The van der Waals surface area contributed by atoms with Crippen LogP contribution in [0.2, 0.25) is 5.02 Å². The van der Waals surface area contributed by atoms with Crippen molar-refractivity contribution in [2.75, 3.05) is 18.6 Å². The van der Waals surface area contributed by atoms with Crippen LogP contribution in [-0.2, 0) is 10.4 Å². The minimum Gasteiger partial charge on any atom is -0.505 e. The fraction of sp³-hybridized carbons (Fsp3) is 0.240. The highest BCUT2D eigenvalue weighted by Crippen LogP contribution is 2.52. The lowest BCUT2D eigenvalue weighted by Gasteiger charge is -2.38. The highest BCUT2D eigenvalue weighted by atomic mass is 35.5. The molecule has 0 bridgehead atoms. The third-order valence-corrected chi connectivity index (χ3v) is 6.67. The molecule has 0 aliphatic carbocycles. The molecule has 0 aromatic heterocycles. The predicted octanol–water partition coefficient (Wildman–Crippen LogP) is 5.90. The van der Waals surface area contributed by atoms with Gasteiger partial charge in [0.2, 0.25) is 0 Å². The van der Waals surface area contributed by atoms with Crippen LogP contribution in [0.4, 0.5) is 27.6 Å². The van der Waals surface area contributed by atoms with Crippen molar-refractivity contribution in [2.45, 2.75) is 24.6 Å². The van der Waals surface area contributed by atoms with Gasteiger partial charge in [-0.05, 0) is 52.6 Å². The van der Waals surface area contributed by atoms with Crippen LogP contribution < -0.4 is 9.64 Å². The summed E-state index contributed by atoms with van der Waals surface area (Å²) >= 11 is 6.32. The molecule has 3 aromatic rings. The van der Waals surface area contributed by atoms with Crippen LogP contribution in [0.5, 0.6) is 11.5 Å². The highest BCUT2D eigenvalue weighted by Gasteiger charge is 2.59. The van der Waals surface area contributed by atoms with Gasteiger partial charge in [0.15, 0.2) is 35.3 Å². The topological polar surface area (TPSA) is 70.0 Å². The van der Waals surface area contributed by atoms with Gasteiger partial charge in [0.1, 0.15) is 0 Å². The number of phenolic OH excluding ortho intramolecular Hbond substituents is 1. The fourth-order valence-electron chi connectivity index (χ4n) is 4.19. The second kappa shape index (κ2) is 8.94. The summed E-state index contributed by atoms with van der Waals surface area (Å²) in [5.74, 6) is -5.37. The number of anilines is 1. The maximum atomic E-state index is 14.8. The van der Waals surface area contributed by atoms with Crippen LogP contribution in [0.1, 0.15) is 24.0 Å². The lowest BCUT2D eigenvalue weighted by atomic mass is 9.77. The molecular weight excluding hydrogens is 509 g/mol. The van der Waals surface area contributed by atoms with Crippen molar-refractivity contribution < 1.29 is 41.7 Å². The molecule has 0 spiro atoms. The number of ether oxygens (including phenoxy) is 1. The standard InChI is InChI=1S/C25H19ClF5NO4/c1-12(16-5-3-13(7-17(16)26)14-4-6-18(27)21(33)8-14)24(35,25(29,30)31)15-9-19(28)23-20(10-15)32(2)22(34)11-36-23/h3-10,12,33,35H,11H2,1-2H3. The molecule has 2 unspecified atom stereocenters. The molecule has 5 nitrogen and oxygen atoms in total. The largest absolute Gasteiger partial charge is 0.505 e. The Hall–Kier alpha value is -3.37. The Bertz CT molecular complexity index is 1360. The number of hydrogen-bond donors (Lipinski definition) is 2. The van der Waals surface area contributed by atoms with Crippen molar-refractivity contribution in [3.63, 3.8) is 0 Å². The molecule has 190 valence electrons. The molecule has 0 fully saturated rings. The Morgan fingerprint density at radius 3 is 2.28 bits per heavy atom. The molecule has 0 saturated carbocycles. The van der Waals surface area contributed by atoms with E-state index in [1.165, 1.54) is 31.3 Å². The lowest BCUT2D eigenvalue weighted by molar-refractivity contribution is -0.274. The average Bonchev–Trinajstić information content (AvgIpc) is 2.81. The number of aromatic hydroxyl groups is 1. The third-order valence-electron chi connectivity index (χ3n) is 6.34. The van der Waals surface area contributed by atoms with Crippen LogP contribution in [0, 0.1) is 11.6 Å². The maximum Gasteiger partial charge on any atom is 0.422 e. The lowest BCUT2D eigenvalue weighted by Crippen LogP contribution is -2.47. The third kappa shape index (κ3) is 4.14. The molecule has 1 aliphatic heterocycles. The molecule has 11 heteroatoms. The number of nitrogens with zero attached hydrogens (tertiary/aromatic N) is 1. The van der Waals surface area contributed by atoms with Crippen LogP contribution in [0.3, 0.4) is 0 Å². The van der Waals surface area contributed by atoms with Gasteiger partial charge in [-0.3, -0.25) is 4.79 Å². The van der Waals surface area contributed by atoms with Crippen LogP contribution in [0.25, 0.3) is 11.1 Å². The van der Waals surface area contributed by atoms with Crippen LogP contribution >= 0.6 is 11.6 Å². The number of aliphatic hydroxyl groups is 1. The van der Waals surface area contributed by atoms with Gasteiger partial charge in [0.25, 0.3) is 5.91 Å². The molecule has 2 N–H and O–H groups in total. The molecule has 0 saturated heterocycles. The van der Waals surface area contributed by atoms with Crippen molar-refractivity contribution in [1.82, 2.24) is 0 Å². The first-order chi connectivity index (χ1) is 16.8. The van der Waals surface area contributed by atoms with Gasteiger partial charge in [0.05, 0.1) is 5.69 Å². The molecule has 3 aromatic carbocycles. The number of fused-ring (bicyclic) bond motifs is 1. The van der Waals surface area contributed by atoms with E-state index in [1.54, 1.807) is 0 Å². The van der Waals surface area contributed by atoms with Crippen molar-refractivity contribution in [1.29, 1.82) is 0 Å². The summed E-state index contributed by atoms with van der Waals surface area (Å²) in [5.41, 5.74) is -4.08. The predicted molar refractivity (Wildman–Crippen MR) is 122 cm³/mol. The molecule has 4 rings (SSSR count). The SMILES string of the molecule is CC(c1ccc(-c2ccc(F)c(O)c2)cc1Cl)C(O)(c1cc(F)c2c(c1)N(C)C(=O)CO2)C(F)(F)F. The monoisotopic (exact) mass is 527 g/mol. The molecule has 36 heavy (non-hydrogen) atoms. The summed E-state index contributed by atoms with van der Waals surface area (Å²) in [4.78, 5) is 12.9. The van der Waals surface area contributed by atoms with E-state index in [-0.39, 0.29) is 16.3 Å². The Kier molecular flexibility index (Phi) is 6.38. The number of benzene rings is 3. The minimum atomic E-state index is -5.28. The van der Waals surface area contributed by atoms with E-state index in [4.69, 9.17) is 16.3 Å². The molecule has 2 atom stereocenters. The van der Waals surface area contributed by atoms with E-state index in [2.05, 4.69) is 0 Å². The summed E-state index contributed by atoms with van der Waals surface area (Å²) in [6.07, 6.45) is -5.28. The number of alkyl halides is 3. The fourth-order valence-corrected chi connectivity index (χ4v) is 4.53. The van der Waals surface area contributed by atoms with Crippen molar-refractivity contribution in [3.05, 3.63) is 76.3 Å². The van der Waals surface area contributed by atoms with E-state index in [9.17, 15) is 37.0 Å². The summed E-state index contributed by atoms with van der Waals surface area (Å²) in [6, 6.07) is 8.86. The van der Waals surface area contributed by atoms with Gasteiger partial charge >= 0.3 is 6.18 Å². The second-order valence-corrected chi connectivity index (χ2v) is 8.84. The van der Waals surface area contributed by atoms with Crippen molar-refractivity contribution in [3.8, 4) is 22.6 Å². The van der Waals surface area contributed by atoms with Gasteiger partial charge in [-0.1, -0.05) is 36.7 Å². The number of carbonyl (C=O) groups excluding carboxylic acids is 1. The Labute approximate surface area is 207 Å². The number of halogens is 6. The number of rotatable bonds is 4. The van der Waals surface area contributed by atoms with E-state index in [1.807, 2.05) is 0 Å². The van der Waals surface area contributed by atoms with Crippen molar-refractivity contribution in [2.24, 2.45) is 0 Å². The number of phenols is 1. The van der Waals surface area contributed by atoms with E-state index in [0.29, 0.717) is 17.2 Å². The number of likely N-dealkylation sites (N-methyl/N-ethyl adjacent to an activating group) is 1. The summed E-state index contributed by atoms with van der Waals surface area (Å²) in [6.45, 7) is 0.605. The quantitative estimate of drug-likeness (QED) is 0.415. The summed E-state index contributed by atoms with van der Waals surface area (Å²) < 4.78 is 76.5. The summed E-state index contributed by atoms with van der Waals surface area (Å²) in [7, 11) is 1.26. The zero-order valence-corrected chi connectivity index (χ0v) is 19.6. The Morgan fingerprint density at radius 2 is 1.67 bits per heavy atom. The number of carbonyl (C=O) groups is 1. The number of hydrogen-bond acceptors (Lipinski definition) is 4. The minimum absolute atomic E-state index is 0.106. The first kappa shape index (κ1) is 25.7. The molecule has 0 radical (unpaired) electrons. The normalized spacial score (nSPS) is 16.2. The molecular formula is C25H19ClF5NO4. The zero-order chi connectivity index (χ0) is 26.6.